The van der Waals surface area contributed by atoms with E-state index in [0.29, 0.717) is 0 Å². The van der Waals surface area contributed by atoms with Crippen LogP contribution in [0.4, 0.5) is 4.39 Å². The van der Waals surface area contributed by atoms with E-state index in [2.05, 4.69) is 5.32 Å². The molecule has 2 N–H and O–H groups in total. The van der Waals surface area contributed by atoms with Crippen LogP contribution in [0.25, 0.3) is 0 Å². The Morgan fingerprint density at radius 3 is 2.90 bits per heavy atom. The van der Waals surface area contributed by atoms with Gasteiger partial charge >= 0.3 is 5.97 Å². The lowest BCUT2D eigenvalue weighted by atomic mass is 10.0. The third-order valence-electron chi connectivity index (χ3n) is 2.56. The molecule has 0 radical (unpaired) electrons. The Morgan fingerprint density at radius 1 is 1.65 bits per heavy atom. The number of nitrogens with zero attached hydrogens (tertiary/aromatic N) is 1. The number of nitriles is 1. The van der Waals surface area contributed by atoms with Gasteiger partial charge in [0, 0.05) is 0 Å². The lowest BCUT2D eigenvalue weighted by Crippen LogP contribution is -2.42. The summed E-state index contributed by atoms with van der Waals surface area (Å²) in [4.78, 5) is 22.1. The molecule has 1 aromatic carbocycles. The molecule has 106 valence electrons. The van der Waals surface area contributed by atoms with Crippen molar-refractivity contribution in [3.8, 4) is 6.07 Å². The number of amides is 1. The second-order valence-corrected chi connectivity index (χ2v) is 3.81. The number of hydrogen-bond donors (Lipinski definition) is 2. The number of rotatable bonds is 6. The van der Waals surface area contributed by atoms with E-state index < -0.39 is 23.9 Å². The molecule has 2 unspecified atom stereocenters. The molecule has 2 atom stereocenters. The summed E-state index contributed by atoms with van der Waals surface area (Å²) in [5.74, 6) is -1.56. The molecular formula is C13H13FN2O4. The molecule has 0 fully saturated rings. The Labute approximate surface area is 114 Å². The largest absolute Gasteiger partial charge is 0.464 e. The van der Waals surface area contributed by atoms with Crippen LogP contribution < -0.4 is 5.32 Å². The number of benzene rings is 1. The molecule has 0 aliphatic heterocycles. The van der Waals surface area contributed by atoms with Gasteiger partial charge in [-0.15, -0.1) is 0 Å². The number of hydrogen-bond acceptors (Lipinski definition) is 5. The van der Waals surface area contributed by atoms with Crippen molar-refractivity contribution in [1.29, 1.82) is 5.26 Å². The summed E-state index contributed by atoms with van der Waals surface area (Å²) in [7, 11) is 0. The normalized spacial score (nSPS) is 12.9. The van der Waals surface area contributed by atoms with Crippen molar-refractivity contribution >= 4 is 12.4 Å². The van der Waals surface area contributed by atoms with Crippen LogP contribution in [0, 0.1) is 17.1 Å². The quantitative estimate of drug-likeness (QED) is 0.580. The molecule has 20 heavy (non-hydrogen) atoms. The molecule has 0 aromatic heterocycles. The Morgan fingerprint density at radius 2 is 2.35 bits per heavy atom. The zero-order chi connectivity index (χ0) is 15.1. The highest BCUT2D eigenvalue weighted by atomic mass is 19.1. The maximum Gasteiger partial charge on any atom is 0.331 e. The zero-order valence-electron chi connectivity index (χ0n) is 10.7. The number of ether oxygens (including phenoxy) is 1. The van der Waals surface area contributed by atoms with E-state index in [-0.39, 0.29) is 24.1 Å². The van der Waals surface area contributed by atoms with E-state index in [0.717, 1.165) is 12.1 Å². The van der Waals surface area contributed by atoms with Crippen molar-refractivity contribution in [3.05, 3.63) is 35.1 Å². The zero-order valence-corrected chi connectivity index (χ0v) is 10.7. The SMILES string of the molecule is CCOC(=O)C(NC=O)C(O)c1ccc(F)c(C#N)c1. The predicted molar refractivity (Wildman–Crippen MR) is 65.7 cm³/mol. The summed E-state index contributed by atoms with van der Waals surface area (Å²) in [5, 5.41) is 20.9. The van der Waals surface area contributed by atoms with Gasteiger partial charge in [0.2, 0.25) is 6.41 Å². The lowest BCUT2D eigenvalue weighted by Gasteiger charge is -2.21. The fraction of sp³-hybridized carbons (Fsp3) is 0.308. The molecule has 1 amide bonds. The number of aliphatic hydroxyl groups excluding tert-OH is 1. The molecule has 0 saturated carbocycles. The van der Waals surface area contributed by atoms with Crippen molar-refractivity contribution in [2.75, 3.05) is 6.61 Å². The van der Waals surface area contributed by atoms with Gasteiger partial charge in [-0.25, -0.2) is 9.18 Å². The Bertz CT molecular complexity index is 542. The van der Waals surface area contributed by atoms with E-state index in [9.17, 15) is 19.1 Å². The molecule has 0 heterocycles. The van der Waals surface area contributed by atoms with Gasteiger partial charge in [0.25, 0.3) is 0 Å². The van der Waals surface area contributed by atoms with Crippen LogP contribution in [0.2, 0.25) is 0 Å². The molecule has 7 heteroatoms. The fourth-order valence-electron chi connectivity index (χ4n) is 1.60. The third-order valence-corrected chi connectivity index (χ3v) is 2.56. The highest BCUT2D eigenvalue weighted by Gasteiger charge is 2.29. The Balaban J connectivity index is 3.06. The summed E-state index contributed by atoms with van der Waals surface area (Å²) < 4.78 is 17.9. The minimum absolute atomic E-state index is 0.0788. The number of nitrogens with one attached hydrogen (secondary N) is 1. The minimum Gasteiger partial charge on any atom is -0.464 e. The number of halogens is 1. The van der Waals surface area contributed by atoms with Gasteiger partial charge in [-0.05, 0) is 24.6 Å². The lowest BCUT2D eigenvalue weighted by molar-refractivity contribution is -0.149. The second kappa shape index (κ2) is 7.21. The maximum atomic E-state index is 13.2. The number of esters is 1. The van der Waals surface area contributed by atoms with Gasteiger partial charge in [0.1, 0.15) is 18.0 Å². The van der Waals surface area contributed by atoms with Gasteiger partial charge in [0.05, 0.1) is 12.2 Å². The van der Waals surface area contributed by atoms with Crippen LogP contribution in [-0.4, -0.2) is 30.1 Å². The molecule has 0 aliphatic carbocycles. The van der Waals surface area contributed by atoms with E-state index in [1.54, 1.807) is 13.0 Å². The number of carbonyl (C=O) groups excluding carboxylic acids is 2. The van der Waals surface area contributed by atoms with Gasteiger partial charge < -0.3 is 15.2 Å². The smallest absolute Gasteiger partial charge is 0.331 e. The molecule has 1 aromatic rings. The van der Waals surface area contributed by atoms with E-state index in [4.69, 9.17) is 10.00 Å². The van der Waals surface area contributed by atoms with Crippen molar-refractivity contribution in [1.82, 2.24) is 5.32 Å². The first kappa shape index (κ1) is 15.6. The van der Waals surface area contributed by atoms with Crippen molar-refractivity contribution < 1.29 is 23.8 Å². The van der Waals surface area contributed by atoms with E-state index in [1.165, 1.54) is 6.07 Å². The molecule has 0 bridgehead atoms. The third kappa shape index (κ3) is 3.52. The molecular weight excluding hydrogens is 267 g/mol. The van der Waals surface area contributed by atoms with Crippen LogP contribution in [0.1, 0.15) is 24.2 Å². The van der Waals surface area contributed by atoms with Crippen LogP contribution in [0.3, 0.4) is 0 Å². The first-order chi connectivity index (χ1) is 9.54. The van der Waals surface area contributed by atoms with Crippen molar-refractivity contribution in [3.63, 3.8) is 0 Å². The maximum absolute atomic E-state index is 13.2. The topological polar surface area (TPSA) is 99.4 Å². The summed E-state index contributed by atoms with van der Waals surface area (Å²) in [6.07, 6.45) is -1.20. The van der Waals surface area contributed by atoms with Gasteiger partial charge in [0.15, 0.2) is 6.04 Å². The first-order valence-electron chi connectivity index (χ1n) is 5.79. The van der Waals surface area contributed by atoms with Crippen LogP contribution in [0.5, 0.6) is 0 Å². The summed E-state index contributed by atoms with van der Waals surface area (Å²) >= 11 is 0. The molecule has 0 saturated heterocycles. The van der Waals surface area contributed by atoms with Crippen molar-refractivity contribution in [2.24, 2.45) is 0 Å². The average molecular weight is 280 g/mol. The Hall–Kier alpha value is -2.46. The number of aliphatic hydroxyl groups is 1. The fourth-order valence-corrected chi connectivity index (χ4v) is 1.60. The standard InChI is InChI=1S/C13H13FN2O4/c1-2-20-13(19)11(16-7-17)12(18)8-3-4-10(14)9(5-8)6-15/h3-5,7,11-12,18H,2H2,1H3,(H,16,17). The monoisotopic (exact) mass is 280 g/mol. The molecule has 0 spiro atoms. The minimum atomic E-state index is -1.45. The summed E-state index contributed by atoms with van der Waals surface area (Å²) in [5.41, 5.74) is -0.148. The summed E-state index contributed by atoms with van der Waals surface area (Å²) in [6.45, 7) is 1.66. The Kier molecular flexibility index (Phi) is 5.62. The summed E-state index contributed by atoms with van der Waals surface area (Å²) in [6, 6.07) is 3.63. The highest BCUT2D eigenvalue weighted by molar-refractivity contribution is 5.79. The van der Waals surface area contributed by atoms with Crippen LogP contribution >= 0.6 is 0 Å². The first-order valence-corrected chi connectivity index (χ1v) is 5.79. The predicted octanol–water partition coefficient (Wildman–Crippen LogP) is 0.408. The number of carbonyl (C=O) groups is 2. The molecule has 1 rings (SSSR count). The highest BCUT2D eigenvalue weighted by Crippen LogP contribution is 2.20. The van der Waals surface area contributed by atoms with Crippen LogP contribution in [-0.2, 0) is 14.3 Å². The van der Waals surface area contributed by atoms with E-state index in [1.807, 2.05) is 0 Å². The molecule has 6 nitrogen and oxygen atoms in total. The van der Waals surface area contributed by atoms with Gasteiger partial charge in [-0.2, -0.15) is 5.26 Å². The average Bonchev–Trinajstić information content (AvgIpc) is 2.44. The molecule has 0 aliphatic rings. The van der Waals surface area contributed by atoms with Gasteiger partial charge in [-0.1, -0.05) is 6.07 Å². The van der Waals surface area contributed by atoms with Crippen molar-refractivity contribution in [2.45, 2.75) is 19.1 Å². The second-order valence-electron chi connectivity index (χ2n) is 3.81. The van der Waals surface area contributed by atoms with E-state index >= 15 is 0 Å². The van der Waals surface area contributed by atoms with Crippen LogP contribution in [0.15, 0.2) is 18.2 Å². The van der Waals surface area contributed by atoms with Gasteiger partial charge in [-0.3, -0.25) is 4.79 Å².